The molecule has 5 nitrogen and oxygen atoms in total. The third kappa shape index (κ3) is 4.15. The number of methoxy groups -OCH3 is 1. The number of nitrogens with zero attached hydrogens (tertiary/aromatic N) is 1. The van der Waals surface area contributed by atoms with Crippen LogP contribution in [0.1, 0.15) is 12.0 Å². The lowest BCUT2D eigenvalue weighted by atomic mass is 10.2. The predicted molar refractivity (Wildman–Crippen MR) is 103 cm³/mol. The topological polar surface area (TPSA) is 66.8 Å². The molecule has 0 aliphatic carbocycles. The lowest BCUT2D eigenvalue weighted by Gasteiger charge is -2.11. The number of imide groups is 1. The van der Waals surface area contributed by atoms with Gasteiger partial charge in [-0.05, 0) is 81.6 Å². The molecule has 118 valence electrons. The smallest absolute Gasteiger partial charge is 0.293 e. The minimum Gasteiger partial charge on any atom is -0.506 e. The molecule has 1 saturated heterocycles. The van der Waals surface area contributed by atoms with Crippen molar-refractivity contribution in [3.05, 3.63) is 29.7 Å². The number of hydrogen-bond acceptors (Lipinski definition) is 5. The average molecular weight is 545 g/mol. The number of aromatic hydroxyl groups is 1. The Balaban J connectivity index is 2.23. The maximum absolute atomic E-state index is 12.3. The number of halogens is 2. The molecule has 2 amide bonds. The summed E-state index contributed by atoms with van der Waals surface area (Å²) in [5.41, 5.74) is 0.540. The molecule has 0 spiro atoms. The van der Waals surface area contributed by atoms with Gasteiger partial charge >= 0.3 is 0 Å². The zero-order chi connectivity index (χ0) is 16.3. The standard InChI is InChI=1S/C14H13I2NO4S/c1-21-4-2-3-17-13(19)11(22-14(17)20)6-8-5-9(15)7-10(16)12(8)18/h5-7,18H,2-4H2,1H3/b11-6+. The van der Waals surface area contributed by atoms with Crippen molar-refractivity contribution in [3.63, 3.8) is 0 Å². The number of ether oxygens (including phenoxy) is 1. The van der Waals surface area contributed by atoms with Gasteiger partial charge in [-0.1, -0.05) is 0 Å². The summed E-state index contributed by atoms with van der Waals surface area (Å²) in [5, 5.41) is 9.80. The predicted octanol–water partition coefficient (Wildman–Crippen LogP) is 3.67. The molecular weight excluding hydrogens is 532 g/mol. The van der Waals surface area contributed by atoms with Gasteiger partial charge in [0, 0.05) is 29.4 Å². The van der Waals surface area contributed by atoms with Crippen molar-refractivity contribution in [2.24, 2.45) is 0 Å². The van der Waals surface area contributed by atoms with Crippen LogP contribution in [-0.2, 0) is 9.53 Å². The molecule has 1 heterocycles. The number of carbonyl (C=O) groups excluding carboxylic acids is 2. The van der Waals surface area contributed by atoms with E-state index in [9.17, 15) is 14.7 Å². The summed E-state index contributed by atoms with van der Waals surface area (Å²) < 4.78 is 6.58. The molecule has 0 radical (unpaired) electrons. The maximum Gasteiger partial charge on any atom is 0.293 e. The number of benzene rings is 1. The quantitative estimate of drug-likeness (QED) is 0.348. The molecule has 1 aliphatic rings. The normalized spacial score (nSPS) is 16.9. The minimum atomic E-state index is -0.320. The number of amides is 2. The van der Waals surface area contributed by atoms with E-state index in [4.69, 9.17) is 4.74 Å². The Labute approximate surface area is 159 Å². The van der Waals surface area contributed by atoms with E-state index in [1.54, 1.807) is 19.3 Å². The zero-order valence-electron chi connectivity index (χ0n) is 11.6. The Morgan fingerprint density at radius 1 is 1.36 bits per heavy atom. The fourth-order valence-electron chi connectivity index (χ4n) is 1.90. The largest absolute Gasteiger partial charge is 0.506 e. The van der Waals surface area contributed by atoms with Crippen molar-refractivity contribution >= 4 is 74.2 Å². The van der Waals surface area contributed by atoms with Gasteiger partial charge in [-0.2, -0.15) is 0 Å². The summed E-state index contributed by atoms with van der Waals surface area (Å²) in [6, 6.07) is 3.61. The maximum atomic E-state index is 12.3. The lowest BCUT2D eigenvalue weighted by molar-refractivity contribution is -0.122. The molecule has 1 aliphatic heterocycles. The van der Waals surface area contributed by atoms with Gasteiger partial charge in [-0.15, -0.1) is 0 Å². The lowest BCUT2D eigenvalue weighted by Crippen LogP contribution is -2.29. The first kappa shape index (κ1) is 18.0. The van der Waals surface area contributed by atoms with Crippen molar-refractivity contribution in [1.82, 2.24) is 4.90 Å². The van der Waals surface area contributed by atoms with Crippen LogP contribution in [0.2, 0.25) is 0 Å². The van der Waals surface area contributed by atoms with E-state index >= 15 is 0 Å². The molecule has 1 N–H and O–H groups in total. The van der Waals surface area contributed by atoms with Crippen LogP contribution in [0.5, 0.6) is 5.75 Å². The third-order valence-electron chi connectivity index (χ3n) is 2.95. The summed E-state index contributed by atoms with van der Waals surface area (Å²) in [5.74, 6) is -0.202. The van der Waals surface area contributed by atoms with E-state index in [2.05, 4.69) is 22.6 Å². The van der Waals surface area contributed by atoms with Crippen molar-refractivity contribution in [3.8, 4) is 5.75 Å². The molecule has 22 heavy (non-hydrogen) atoms. The Hall–Kier alpha value is -0.330. The Bertz CT molecular complexity index is 648. The molecule has 0 bridgehead atoms. The van der Waals surface area contributed by atoms with Crippen molar-refractivity contribution < 1.29 is 19.4 Å². The Morgan fingerprint density at radius 3 is 2.77 bits per heavy atom. The fraction of sp³-hybridized carbons (Fsp3) is 0.286. The molecule has 2 rings (SSSR count). The van der Waals surface area contributed by atoms with Crippen molar-refractivity contribution in [2.45, 2.75) is 6.42 Å². The number of phenols is 1. The van der Waals surface area contributed by atoms with Gasteiger partial charge in [-0.25, -0.2) is 0 Å². The summed E-state index contributed by atoms with van der Waals surface area (Å²) in [6.07, 6.45) is 2.18. The monoisotopic (exact) mass is 545 g/mol. The summed E-state index contributed by atoms with van der Waals surface area (Å²) in [4.78, 5) is 25.7. The highest BCUT2D eigenvalue weighted by Gasteiger charge is 2.34. The van der Waals surface area contributed by atoms with Gasteiger partial charge in [-0.3, -0.25) is 14.5 Å². The van der Waals surface area contributed by atoms with E-state index in [1.807, 2.05) is 28.7 Å². The van der Waals surface area contributed by atoms with Crippen LogP contribution >= 0.6 is 56.9 Å². The SMILES string of the molecule is COCCCN1C(=O)S/C(=C/c2cc(I)cc(I)c2O)C1=O. The van der Waals surface area contributed by atoms with Crippen LogP contribution in [0.25, 0.3) is 6.08 Å². The third-order valence-corrected chi connectivity index (χ3v) is 5.30. The molecule has 0 saturated carbocycles. The van der Waals surface area contributed by atoms with Crippen LogP contribution in [-0.4, -0.2) is 41.4 Å². The van der Waals surface area contributed by atoms with Gasteiger partial charge in [0.2, 0.25) is 0 Å². The number of phenolic OH excluding ortho intramolecular Hbond substituents is 1. The van der Waals surface area contributed by atoms with Crippen LogP contribution < -0.4 is 0 Å². The first-order chi connectivity index (χ1) is 10.4. The molecule has 1 aromatic carbocycles. The van der Waals surface area contributed by atoms with Gasteiger partial charge in [0.05, 0.1) is 8.48 Å². The van der Waals surface area contributed by atoms with Crippen LogP contribution in [0, 0.1) is 7.14 Å². The molecule has 8 heteroatoms. The van der Waals surface area contributed by atoms with E-state index in [-0.39, 0.29) is 16.9 Å². The second-order valence-electron chi connectivity index (χ2n) is 4.51. The van der Waals surface area contributed by atoms with E-state index in [0.29, 0.717) is 33.6 Å². The fourth-order valence-corrected chi connectivity index (χ4v) is 4.64. The van der Waals surface area contributed by atoms with Gasteiger partial charge in [0.15, 0.2) is 0 Å². The Morgan fingerprint density at radius 2 is 2.09 bits per heavy atom. The highest BCUT2D eigenvalue weighted by atomic mass is 127. The highest BCUT2D eigenvalue weighted by molar-refractivity contribution is 14.1. The second kappa shape index (κ2) is 7.97. The van der Waals surface area contributed by atoms with Crippen molar-refractivity contribution in [2.75, 3.05) is 20.3 Å². The first-order valence-corrected chi connectivity index (χ1v) is 9.33. The summed E-state index contributed by atoms with van der Waals surface area (Å²) in [6.45, 7) is 0.836. The van der Waals surface area contributed by atoms with Crippen LogP contribution in [0.4, 0.5) is 4.79 Å². The summed E-state index contributed by atoms with van der Waals surface area (Å²) >= 11 is 5.07. The molecular formula is C14H13I2NO4S. The number of hydrogen-bond donors (Lipinski definition) is 1. The summed E-state index contributed by atoms with van der Waals surface area (Å²) in [7, 11) is 1.58. The molecule has 0 aromatic heterocycles. The van der Waals surface area contributed by atoms with Crippen LogP contribution in [0.15, 0.2) is 17.0 Å². The van der Waals surface area contributed by atoms with E-state index in [0.717, 1.165) is 15.3 Å². The highest BCUT2D eigenvalue weighted by Crippen LogP contribution is 2.35. The van der Waals surface area contributed by atoms with Crippen molar-refractivity contribution in [1.29, 1.82) is 0 Å². The molecule has 0 atom stereocenters. The van der Waals surface area contributed by atoms with Gasteiger partial charge < -0.3 is 9.84 Å². The number of carbonyl (C=O) groups is 2. The van der Waals surface area contributed by atoms with Gasteiger partial charge in [0.1, 0.15) is 5.75 Å². The molecule has 0 unspecified atom stereocenters. The molecule has 1 fully saturated rings. The second-order valence-corrected chi connectivity index (χ2v) is 7.91. The zero-order valence-corrected chi connectivity index (χ0v) is 16.8. The van der Waals surface area contributed by atoms with Gasteiger partial charge in [0.25, 0.3) is 11.1 Å². The minimum absolute atomic E-state index is 0.118. The Kier molecular flexibility index (Phi) is 6.53. The molecule has 1 aromatic rings. The van der Waals surface area contributed by atoms with E-state index < -0.39 is 0 Å². The first-order valence-electron chi connectivity index (χ1n) is 6.36. The average Bonchev–Trinajstić information content (AvgIpc) is 2.72. The number of thioether (sulfide) groups is 1. The van der Waals surface area contributed by atoms with Crippen LogP contribution in [0.3, 0.4) is 0 Å². The van der Waals surface area contributed by atoms with E-state index in [1.165, 1.54) is 4.90 Å². The number of rotatable bonds is 5.